The molecule has 1 amide bonds. The average Bonchev–Trinajstić information content (AvgIpc) is 2.93. The van der Waals surface area contributed by atoms with Gasteiger partial charge in [-0.1, -0.05) is 46.3 Å². The van der Waals surface area contributed by atoms with Crippen LogP contribution in [0, 0.1) is 0 Å². The number of hydrogen-bond acceptors (Lipinski definition) is 4. The Kier molecular flexibility index (Phi) is 5.55. The first kappa shape index (κ1) is 17.7. The Bertz CT molecular complexity index is 925. The molecule has 0 saturated carbocycles. The molecule has 0 fully saturated rings. The highest BCUT2D eigenvalue weighted by atomic mass is 79.9. The van der Waals surface area contributed by atoms with Crippen molar-refractivity contribution in [1.29, 1.82) is 0 Å². The van der Waals surface area contributed by atoms with Crippen LogP contribution in [0.5, 0.6) is 5.88 Å². The molecule has 0 radical (unpaired) electrons. The maximum absolute atomic E-state index is 12.2. The molecule has 0 spiro atoms. The first-order valence-electron chi connectivity index (χ1n) is 7.66. The molecule has 1 aromatic heterocycles. The summed E-state index contributed by atoms with van der Waals surface area (Å²) in [5.41, 5.74) is 2.15. The quantitative estimate of drug-likeness (QED) is 0.532. The molecule has 128 valence electrons. The molecule has 1 heterocycles. The standard InChI is InChI=1S/C18H16BrN3O2S/c1-11(25-10-12-5-3-2-4-6-12)17(23)22-21-16-14-9-13(19)7-8-15(14)20-18(16)24/h2-9,11,20,24H,10H2,1H3/t11-/m0/s1. The number of aromatic hydroxyl groups is 1. The molecule has 0 unspecified atom stereocenters. The SMILES string of the molecule is C[C@H](SCc1ccccc1)C(=O)N=Nc1c(O)[nH]c2ccc(Br)cc12. The maximum Gasteiger partial charge on any atom is 0.277 e. The van der Waals surface area contributed by atoms with Crippen molar-refractivity contribution in [2.24, 2.45) is 10.2 Å². The number of hydrogen-bond donors (Lipinski definition) is 2. The largest absolute Gasteiger partial charge is 0.493 e. The zero-order chi connectivity index (χ0) is 17.8. The van der Waals surface area contributed by atoms with Crippen LogP contribution in [-0.2, 0) is 10.5 Å². The molecule has 3 rings (SSSR count). The number of amides is 1. The molecule has 25 heavy (non-hydrogen) atoms. The molecule has 5 nitrogen and oxygen atoms in total. The van der Waals surface area contributed by atoms with Gasteiger partial charge in [0.1, 0.15) is 0 Å². The third kappa shape index (κ3) is 4.29. The smallest absolute Gasteiger partial charge is 0.277 e. The van der Waals surface area contributed by atoms with Crippen molar-refractivity contribution >= 4 is 50.2 Å². The molecule has 0 bridgehead atoms. The average molecular weight is 418 g/mol. The van der Waals surface area contributed by atoms with Crippen LogP contribution in [0.1, 0.15) is 12.5 Å². The molecule has 2 aromatic carbocycles. The van der Waals surface area contributed by atoms with Crippen LogP contribution in [-0.4, -0.2) is 21.2 Å². The number of azo groups is 1. The Morgan fingerprint density at radius 2 is 2.04 bits per heavy atom. The van der Waals surface area contributed by atoms with E-state index in [0.717, 1.165) is 21.3 Å². The van der Waals surface area contributed by atoms with Crippen molar-refractivity contribution in [2.75, 3.05) is 0 Å². The molecule has 0 aliphatic heterocycles. The van der Waals surface area contributed by atoms with E-state index in [1.807, 2.05) is 48.5 Å². The summed E-state index contributed by atoms with van der Waals surface area (Å²) in [7, 11) is 0. The second-order valence-corrected chi connectivity index (χ2v) is 7.73. The van der Waals surface area contributed by atoms with E-state index < -0.39 is 0 Å². The summed E-state index contributed by atoms with van der Waals surface area (Å²) in [6.07, 6.45) is 0. The first-order chi connectivity index (χ1) is 12.0. The number of nitrogens with zero attached hydrogens (tertiary/aromatic N) is 2. The topological polar surface area (TPSA) is 77.8 Å². The number of fused-ring (bicyclic) bond motifs is 1. The van der Waals surface area contributed by atoms with Crippen LogP contribution >= 0.6 is 27.7 Å². The normalized spacial score (nSPS) is 12.7. The zero-order valence-corrected chi connectivity index (χ0v) is 15.8. The number of aromatic amines is 1. The Hall–Kier alpha value is -2.12. The predicted octanol–water partition coefficient (Wildman–Crippen LogP) is 5.57. The monoisotopic (exact) mass is 417 g/mol. The molecular weight excluding hydrogens is 402 g/mol. The summed E-state index contributed by atoms with van der Waals surface area (Å²) >= 11 is 4.89. The maximum atomic E-state index is 12.2. The van der Waals surface area contributed by atoms with Crippen molar-refractivity contribution in [1.82, 2.24) is 4.98 Å². The molecule has 0 aliphatic carbocycles. The van der Waals surface area contributed by atoms with Crippen molar-refractivity contribution < 1.29 is 9.90 Å². The van der Waals surface area contributed by atoms with Gasteiger partial charge in [-0.05, 0) is 30.7 Å². The minimum Gasteiger partial charge on any atom is -0.493 e. The van der Waals surface area contributed by atoms with Gasteiger partial charge in [-0.25, -0.2) is 0 Å². The van der Waals surface area contributed by atoms with Gasteiger partial charge >= 0.3 is 0 Å². The van der Waals surface area contributed by atoms with Crippen LogP contribution in [0.4, 0.5) is 5.69 Å². The number of thioether (sulfide) groups is 1. The summed E-state index contributed by atoms with van der Waals surface area (Å²) in [4.78, 5) is 15.0. The first-order valence-corrected chi connectivity index (χ1v) is 9.50. The summed E-state index contributed by atoms with van der Waals surface area (Å²) in [6, 6.07) is 15.4. The van der Waals surface area contributed by atoms with Gasteiger partial charge in [0.15, 0.2) is 5.69 Å². The van der Waals surface area contributed by atoms with Gasteiger partial charge in [-0.15, -0.1) is 22.0 Å². The summed E-state index contributed by atoms with van der Waals surface area (Å²) < 4.78 is 0.855. The van der Waals surface area contributed by atoms with Gasteiger partial charge in [0.25, 0.3) is 5.91 Å². The third-order valence-electron chi connectivity index (χ3n) is 3.65. The molecular formula is C18H16BrN3O2S. The molecule has 2 N–H and O–H groups in total. The van der Waals surface area contributed by atoms with E-state index in [1.54, 1.807) is 6.92 Å². The van der Waals surface area contributed by atoms with Crippen LogP contribution in [0.15, 0.2) is 63.2 Å². The van der Waals surface area contributed by atoms with Crippen LogP contribution in [0.2, 0.25) is 0 Å². The molecule has 1 atom stereocenters. The number of carbonyl (C=O) groups is 1. The highest BCUT2D eigenvalue weighted by molar-refractivity contribution is 9.10. The van der Waals surface area contributed by atoms with Crippen LogP contribution in [0.25, 0.3) is 10.9 Å². The van der Waals surface area contributed by atoms with Crippen molar-refractivity contribution in [3.05, 3.63) is 58.6 Å². The minimum absolute atomic E-state index is 0.103. The van der Waals surface area contributed by atoms with Gasteiger partial charge in [-0.2, -0.15) is 0 Å². The van der Waals surface area contributed by atoms with Gasteiger partial charge in [-0.3, -0.25) is 4.79 Å². The van der Waals surface area contributed by atoms with Crippen molar-refractivity contribution in [2.45, 2.75) is 17.9 Å². The number of H-pyrrole nitrogens is 1. The number of nitrogens with one attached hydrogen (secondary N) is 1. The summed E-state index contributed by atoms with van der Waals surface area (Å²) in [6.45, 7) is 1.81. The summed E-state index contributed by atoms with van der Waals surface area (Å²) in [5, 5.41) is 18.1. The second kappa shape index (κ2) is 7.84. The van der Waals surface area contributed by atoms with Gasteiger partial charge in [0, 0.05) is 15.6 Å². The lowest BCUT2D eigenvalue weighted by Gasteiger charge is -2.06. The second-order valence-electron chi connectivity index (χ2n) is 5.49. The predicted molar refractivity (Wildman–Crippen MR) is 104 cm³/mol. The highest BCUT2D eigenvalue weighted by Crippen LogP contribution is 2.37. The van der Waals surface area contributed by atoms with E-state index in [2.05, 4.69) is 31.1 Å². The number of benzene rings is 2. The van der Waals surface area contributed by atoms with E-state index in [9.17, 15) is 9.90 Å². The Morgan fingerprint density at radius 3 is 2.80 bits per heavy atom. The molecule has 7 heteroatoms. The van der Waals surface area contributed by atoms with Gasteiger partial charge in [0.2, 0.25) is 5.88 Å². The number of aromatic nitrogens is 1. The van der Waals surface area contributed by atoms with Crippen LogP contribution < -0.4 is 0 Å². The van der Waals surface area contributed by atoms with E-state index in [4.69, 9.17) is 0 Å². The fourth-order valence-corrected chi connectivity index (χ4v) is 3.47. The molecule has 0 saturated heterocycles. The molecule has 0 aliphatic rings. The fourth-order valence-electron chi connectivity index (χ4n) is 2.28. The lowest BCUT2D eigenvalue weighted by molar-refractivity contribution is -0.117. The summed E-state index contributed by atoms with van der Waals surface area (Å²) in [5.74, 6) is 0.299. The zero-order valence-electron chi connectivity index (χ0n) is 13.4. The van der Waals surface area contributed by atoms with E-state index in [0.29, 0.717) is 5.39 Å². The third-order valence-corrected chi connectivity index (χ3v) is 5.35. The van der Waals surface area contributed by atoms with E-state index >= 15 is 0 Å². The lowest BCUT2D eigenvalue weighted by Crippen LogP contribution is -2.09. The minimum atomic E-state index is -0.329. The van der Waals surface area contributed by atoms with Crippen molar-refractivity contribution in [3.63, 3.8) is 0 Å². The molecule has 3 aromatic rings. The number of halogens is 1. The highest BCUT2D eigenvalue weighted by Gasteiger charge is 2.15. The Morgan fingerprint density at radius 1 is 1.28 bits per heavy atom. The van der Waals surface area contributed by atoms with E-state index in [-0.39, 0.29) is 22.7 Å². The van der Waals surface area contributed by atoms with Gasteiger partial charge in [0.05, 0.1) is 10.8 Å². The Labute approximate surface area is 157 Å². The van der Waals surface area contributed by atoms with Crippen molar-refractivity contribution in [3.8, 4) is 5.88 Å². The van der Waals surface area contributed by atoms with Crippen LogP contribution in [0.3, 0.4) is 0 Å². The fraction of sp³-hybridized carbons (Fsp3) is 0.167. The van der Waals surface area contributed by atoms with Gasteiger partial charge < -0.3 is 10.1 Å². The number of carbonyl (C=O) groups excluding carboxylic acids is 1. The Balaban J connectivity index is 1.70. The lowest BCUT2D eigenvalue weighted by atomic mass is 10.2. The van der Waals surface area contributed by atoms with E-state index in [1.165, 1.54) is 11.8 Å². The number of rotatable bonds is 5.